The van der Waals surface area contributed by atoms with E-state index in [9.17, 15) is 5.11 Å². The van der Waals surface area contributed by atoms with E-state index in [1.165, 1.54) is 11.1 Å². The third kappa shape index (κ3) is 8.47. The van der Waals surface area contributed by atoms with Crippen LogP contribution in [0, 0.1) is 6.92 Å². The Bertz CT molecular complexity index is 791. The number of anilines is 1. The zero-order valence-corrected chi connectivity index (χ0v) is 21.6. The summed E-state index contributed by atoms with van der Waals surface area (Å²) < 4.78 is 5.72. The van der Waals surface area contributed by atoms with Gasteiger partial charge in [0.1, 0.15) is 5.75 Å². The predicted octanol–water partition coefficient (Wildman–Crippen LogP) is 5.52. The van der Waals surface area contributed by atoms with E-state index < -0.39 is 5.60 Å². The number of aryl methyl sites for hydroxylation is 1. The smallest absolute Gasteiger partial charge is 0.119 e. The summed E-state index contributed by atoms with van der Waals surface area (Å²) >= 11 is 0. The van der Waals surface area contributed by atoms with Gasteiger partial charge in [0.15, 0.2) is 0 Å². The van der Waals surface area contributed by atoms with Gasteiger partial charge in [-0.1, -0.05) is 24.3 Å². The average Bonchev–Trinajstić information content (AvgIpc) is 2.73. The van der Waals surface area contributed by atoms with Crippen LogP contribution in [0.3, 0.4) is 0 Å². The normalized spacial score (nSPS) is 15.6. The zero-order chi connectivity index (χ0) is 21.6. The maximum Gasteiger partial charge on any atom is 0.119 e. The molecular formula is C26H40Cl2N2O2. The van der Waals surface area contributed by atoms with E-state index in [1.807, 2.05) is 26.0 Å². The Morgan fingerprint density at radius 1 is 1.03 bits per heavy atom. The van der Waals surface area contributed by atoms with Crippen LogP contribution in [0.1, 0.15) is 44.2 Å². The van der Waals surface area contributed by atoms with Gasteiger partial charge in [-0.2, -0.15) is 0 Å². The number of likely N-dealkylation sites (tertiary alicyclic amines) is 1. The molecule has 1 aliphatic heterocycles. The van der Waals surface area contributed by atoms with E-state index >= 15 is 0 Å². The Balaban J connectivity index is 0.00000256. The molecule has 4 nitrogen and oxygen atoms in total. The standard InChI is InChI=1S/C26H38N2O2.2ClH/c1-21(2)30-25-11-9-24(10-12-25)27(4)18-14-26(29)15-19-28(20-16-26)17-13-23-8-6-5-7-22(23)3;;/h5-12,21,29H,13-20H2,1-4H3;2*1H. The van der Waals surface area contributed by atoms with E-state index in [2.05, 4.69) is 60.2 Å². The van der Waals surface area contributed by atoms with Crippen molar-refractivity contribution >= 4 is 30.5 Å². The van der Waals surface area contributed by atoms with Gasteiger partial charge >= 0.3 is 0 Å². The highest BCUT2D eigenvalue weighted by Gasteiger charge is 2.32. The van der Waals surface area contributed by atoms with E-state index in [4.69, 9.17) is 4.74 Å². The second-order valence-corrected chi connectivity index (χ2v) is 9.07. The van der Waals surface area contributed by atoms with Gasteiger partial charge in [-0.15, -0.1) is 24.8 Å². The fraction of sp³-hybridized carbons (Fsp3) is 0.538. The summed E-state index contributed by atoms with van der Waals surface area (Å²) in [4.78, 5) is 4.72. The first-order chi connectivity index (χ1) is 14.3. The molecule has 0 spiro atoms. The number of halogens is 2. The Morgan fingerprint density at radius 3 is 2.25 bits per heavy atom. The molecule has 32 heavy (non-hydrogen) atoms. The number of benzene rings is 2. The summed E-state index contributed by atoms with van der Waals surface area (Å²) in [5, 5.41) is 11.1. The zero-order valence-electron chi connectivity index (χ0n) is 19.9. The maximum atomic E-state index is 11.1. The van der Waals surface area contributed by atoms with Gasteiger partial charge in [0, 0.05) is 38.9 Å². The first kappa shape index (κ1) is 28.6. The summed E-state index contributed by atoms with van der Waals surface area (Å²) in [7, 11) is 2.10. The molecule has 0 unspecified atom stereocenters. The molecule has 1 heterocycles. The van der Waals surface area contributed by atoms with Gasteiger partial charge in [-0.05, 0) is 81.8 Å². The van der Waals surface area contributed by atoms with Gasteiger partial charge in [0.05, 0.1) is 11.7 Å². The van der Waals surface area contributed by atoms with E-state index in [0.29, 0.717) is 0 Å². The molecule has 180 valence electrons. The summed E-state index contributed by atoms with van der Waals surface area (Å²) in [6.45, 7) is 10.1. The van der Waals surface area contributed by atoms with Gasteiger partial charge in [-0.25, -0.2) is 0 Å². The summed E-state index contributed by atoms with van der Waals surface area (Å²) in [5.74, 6) is 0.902. The lowest BCUT2D eigenvalue weighted by Crippen LogP contribution is -2.46. The van der Waals surface area contributed by atoms with Gasteiger partial charge in [-0.3, -0.25) is 0 Å². The second-order valence-electron chi connectivity index (χ2n) is 9.07. The summed E-state index contributed by atoms with van der Waals surface area (Å²) in [6.07, 6.45) is 3.79. The fourth-order valence-electron chi connectivity index (χ4n) is 4.17. The van der Waals surface area contributed by atoms with Crippen molar-refractivity contribution in [2.75, 3.05) is 38.1 Å². The topological polar surface area (TPSA) is 35.9 Å². The molecule has 2 aromatic carbocycles. The Hall–Kier alpha value is -1.46. The molecule has 1 aliphatic rings. The van der Waals surface area contributed by atoms with Crippen molar-refractivity contribution in [2.24, 2.45) is 0 Å². The van der Waals surface area contributed by atoms with Crippen LogP contribution in [0.25, 0.3) is 0 Å². The minimum atomic E-state index is -0.548. The predicted molar refractivity (Wildman–Crippen MR) is 140 cm³/mol. The number of ether oxygens (including phenoxy) is 1. The average molecular weight is 484 g/mol. The summed E-state index contributed by atoms with van der Waals surface area (Å²) in [6, 6.07) is 16.9. The molecule has 0 radical (unpaired) electrons. The van der Waals surface area contributed by atoms with E-state index in [0.717, 1.165) is 63.3 Å². The number of hydrogen-bond donors (Lipinski definition) is 1. The SMILES string of the molecule is Cc1ccccc1CCN1CCC(O)(CCN(C)c2ccc(OC(C)C)cc2)CC1.Cl.Cl. The van der Waals surface area contributed by atoms with Crippen molar-refractivity contribution in [2.45, 2.75) is 58.2 Å². The van der Waals surface area contributed by atoms with Crippen LogP contribution in [-0.4, -0.2) is 54.9 Å². The fourth-order valence-corrected chi connectivity index (χ4v) is 4.17. The number of rotatable bonds is 9. The highest BCUT2D eigenvalue weighted by Crippen LogP contribution is 2.27. The van der Waals surface area contributed by atoms with Crippen LogP contribution in [0.2, 0.25) is 0 Å². The molecule has 0 bridgehead atoms. The van der Waals surface area contributed by atoms with E-state index in [-0.39, 0.29) is 30.9 Å². The monoisotopic (exact) mass is 482 g/mol. The molecule has 3 rings (SSSR count). The highest BCUT2D eigenvalue weighted by atomic mass is 35.5. The molecule has 1 fully saturated rings. The van der Waals surface area contributed by atoms with Crippen molar-refractivity contribution in [3.05, 3.63) is 59.7 Å². The van der Waals surface area contributed by atoms with Crippen molar-refractivity contribution in [1.82, 2.24) is 4.90 Å². The highest BCUT2D eigenvalue weighted by molar-refractivity contribution is 5.85. The number of hydrogen-bond acceptors (Lipinski definition) is 4. The molecule has 2 aromatic rings. The first-order valence-electron chi connectivity index (χ1n) is 11.3. The minimum Gasteiger partial charge on any atom is -0.491 e. The van der Waals surface area contributed by atoms with Crippen molar-refractivity contribution in [3.8, 4) is 5.75 Å². The van der Waals surface area contributed by atoms with Crippen LogP contribution >= 0.6 is 24.8 Å². The Labute approximate surface area is 206 Å². The molecule has 6 heteroatoms. The molecule has 0 aromatic heterocycles. The maximum absolute atomic E-state index is 11.1. The lowest BCUT2D eigenvalue weighted by atomic mass is 9.88. The minimum absolute atomic E-state index is 0. The number of aliphatic hydroxyl groups is 1. The quantitative estimate of drug-likeness (QED) is 0.510. The van der Waals surface area contributed by atoms with E-state index in [1.54, 1.807) is 0 Å². The molecule has 0 atom stereocenters. The van der Waals surface area contributed by atoms with Crippen molar-refractivity contribution < 1.29 is 9.84 Å². The molecule has 0 aliphatic carbocycles. The second kappa shape index (κ2) is 13.3. The Kier molecular flexibility index (Phi) is 11.9. The lowest BCUT2D eigenvalue weighted by Gasteiger charge is -2.39. The van der Waals surface area contributed by atoms with Crippen LogP contribution in [0.15, 0.2) is 48.5 Å². The van der Waals surface area contributed by atoms with Crippen molar-refractivity contribution in [3.63, 3.8) is 0 Å². The van der Waals surface area contributed by atoms with Gasteiger partial charge < -0.3 is 19.6 Å². The van der Waals surface area contributed by atoms with Crippen molar-refractivity contribution in [1.29, 1.82) is 0 Å². The molecule has 0 saturated carbocycles. The van der Waals surface area contributed by atoms with Gasteiger partial charge in [0.25, 0.3) is 0 Å². The molecule has 1 saturated heterocycles. The third-order valence-corrected chi connectivity index (χ3v) is 6.31. The number of nitrogens with zero attached hydrogens (tertiary/aromatic N) is 2. The van der Waals surface area contributed by atoms with Gasteiger partial charge in [0.2, 0.25) is 0 Å². The first-order valence-corrected chi connectivity index (χ1v) is 11.3. The number of piperidine rings is 1. The van der Waals surface area contributed by atoms with Crippen LogP contribution in [0.4, 0.5) is 5.69 Å². The van der Waals surface area contributed by atoms with Crippen LogP contribution in [-0.2, 0) is 6.42 Å². The third-order valence-electron chi connectivity index (χ3n) is 6.31. The molecule has 0 amide bonds. The van der Waals surface area contributed by atoms with Crippen LogP contribution in [0.5, 0.6) is 5.75 Å². The molecular weight excluding hydrogens is 443 g/mol. The largest absolute Gasteiger partial charge is 0.491 e. The van der Waals surface area contributed by atoms with Crippen LogP contribution < -0.4 is 9.64 Å². The summed E-state index contributed by atoms with van der Waals surface area (Å²) in [5.41, 5.74) is 3.42. The Morgan fingerprint density at radius 2 is 1.66 bits per heavy atom. The lowest BCUT2D eigenvalue weighted by molar-refractivity contribution is -0.0254. The molecule has 1 N–H and O–H groups in total.